The van der Waals surface area contributed by atoms with Crippen LogP contribution in [0.15, 0.2) is 6.33 Å². The van der Waals surface area contributed by atoms with Crippen molar-refractivity contribution >= 4 is 5.82 Å². The summed E-state index contributed by atoms with van der Waals surface area (Å²) < 4.78 is 0. The number of anilines is 1. The molecule has 0 bridgehead atoms. The Labute approximate surface area is 116 Å². The zero-order valence-corrected chi connectivity index (χ0v) is 12.6. The largest absolute Gasteiger partial charge is 0.368 e. The molecule has 4 heteroatoms. The van der Waals surface area contributed by atoms with E-state index < -0.39 is 0 Å². The van der Waals surface area contributed by atoms with Crippen molar-refractivity contribution in [2.75, 3.05) is 18.4 Å². The van der Waals surface area contributed by atoms with Gasteiger partial charge in [0.1, 0.15) is 12.1 Å². The first-order valence-corrected chi connectivity index (χ1v) is 7.42. The number of aromatic nitrogens is 2. The van der Waals surface area contributed by atoms with Gasteiger partial charge < -0.3 is 5.32 Å². The average molecular weight is 262 g/mol. The van der Waals surface area contributed by atoms with E-state index in [1.807, 2.05) is 0 Å². The smallest absolute Gasteiger partial charge is 0.132 e. The topological polar surface area (TPSA) is 41.0 Å². The number of fused-ring (bicyclic) bond motifs is 1. The molecule has 0 saturated heterocycles. The minimum Gasteiger partial charge on any atom is -0.368 e. The monoisotopic (exact) mass is 262 g/mol. The van der Waals surface area contributed by atoms with Crippen molar-refractivity contribution in [3.05, 3.63) is 17.6 Å². The van der Waals surface area contributed by atoms with E-state index in [0.29, 0.717) is 12.1 Å². The number of nitrogens with zero attached hydrogens (tertiary/aromatic N) is 3. The average Bonchev–Trinajstić information content (AvgIpc) is 2.82. The van der Waals surface area contributed by atoms with Crippen molar-refractivity contribution in [3.8, 4) is 0 Å². The van der Waals surface area contributed by atoms with Crippen LogP contribution in [0, 0.1) is 0 Å². The maximum Gasteiger partial charge on any atom is 0.132 e. The van der Waals surface area contributed by atoms with E-state index in [9.17, 15) is 0 Å². The molecule has 0 aliphatic heterocycles. The van der Waals surface area contributed by atoms with Gasteiger partial charge in [0.15, 0.2) is 0 Å². The Morgan fingerprint density at radius 3 is 2.58 bits per heavy atom. The van der Waals surface area contributed by atoms with Gasteiger partial charge in [0, 0.05) is 36.4 Å². The predicted molar refractivity (Wildman–Crippen MR) is 79.5 cm³/mol. The number of rotatable bonds is 6. The molecular formula is C15H26N4. The molecule has 0 fully saturated rings. The third-order valence-corrected chi connectivity index (χ3v) is 3.86. The Hall–Kier alpha value is -1.16. The van der Waals surface area contributed by atoms with E-state index in [4.69, 9.17) is 0 Å². The molecule has 0 atom stereocenters. The summed E-state index contributed by atoms with van der Waals surface area (Å²) in [5.74, 6) is 1.05. The highest BCUT2D eigenvalue weighted by Gasteiger charge is 2.17. The van der Waals surface area contributed by atoms with Gasteiger partial charge in [-0.2, -0.15) is 0 Å². The molecular weight excluding hydrogens is 236 g/mol. The van der Waals surface area contributed by atoms with Crippen LogP contribution in [0.4, 0.5) is 5.82 Å². The summed E-state index contributed by atoms with van der Waals surface area (Å²) in [5, 5.41) is 3.49. The molecule has 4 nitrogen and oxygen atoms in total. The van der Waals surface area contributed by atoms with Crippen LogP contribution in [-0.2, 0) is 12.8 Å². The summed E-state index contributed by atoms with van der Waals surface area (Å²) in [4.78, 5) is 11.2. The Morgan fingerprint density at radius 1 is 1.16 bits per heavy atom. The standard InChI is InChI=1S/C15H26N4/c1-11(2)19(12(3)4)9-8-16-15-13-6-5-7-14(13)17-10-18-15/h10-12H,5-9H2,1-4H3,(H,16,17,18). The Kier molecular flexibility index (Phi) is 4.75. The summed E-state index contributed by atoms with van der Waals surface area (Å²) in [6, 6.07) is 1.16. The first-order valence-electron chi connectivity index (χ1n) is 7.42. The third kappa shape index (κ3) is 3.44. The van der Waals surface area contributed by atoms with Crippen molar-refractivity contribution in [1.82, 2.24) is 14.9 Å². The van der Waals surface area contributed by atoms with Crippen molar-refractivity contribution in [2.24, 2.45) is 0 Å². The van der Waals surface area contributed by atoms with Crippen molar-refractivity contribution in [3.63, 3.8) is 0 Å². The minimum atomic E-state index is 0.581. The summed E-state index contributed by atoms with van der Waals surface area (Å²) in [6.45, 7) is 11.0. The van der Waals surface area contributed by atoms with E-state index in [1.54, 1.807) is 6.33 Å². The summed E-state index contributed by atoms with van der Waals surface area (Å²) >= 11 is 0. The highest BCUT2D eigenvalue weighted by atomic mass is 15.2. The molecule has 0 aromatic carbocycles. The molecule has 1 N–H and O–H groups in total. The van der Waals surface area contributed by atoms with Gasteiger partial charge in [-0.15, -0.1) is 0 Å². The molecule has 0 amide bonds. The molecule has 1 aromatic rings. The molecule has 0 spiro atoms. The lowest BCUT2D eigenvalue weighted by molar-refractivity contribution is 0.182. The molecule has 106 valence electrons. The fourth-order valence-electron chi connectivity index (χ4n) is 2.93. The highest BCUT2D eigenvalue weighted by Crippen LogP contribution is 2.24. The lowest BCUT2D eigenvalue weighted by Crippen LogP contribution is -2.40. The molecule has 2 rings (SSSR count). The molecule has 1 aliphatic carbocycles. The molecule has 1 aromatic heterocycles. The molecule has 1 aliphatic rings. The van der Waals surface area contributed by atoms with Gasteiger partial charge in [0.25, 0.3) is 0 Å². The van der Waals surface area contributed by atoms with Crippen molar-refractivity contribution in [2.45, 2.75) is 59.0 Å². The maximum absolute atomic E-state index is 4.40. The first kappa shape index (κ1) is 14.3. The second kappa shape index (κ2) is 6.33. The fraction of sp³-hybridized carbons (Fsp3) is 0.733. The molecule has 19 heavy (non-hydrogen) atoms. The fourth-order valence-corrected chi connectivity index (χ4v) is 2.93. The molecule has 1 heterocycles. The van der Waals surface area contributed by atoms with E-state index >= 15 is 0 Å². The lowest BCUT2D eigenvalue weighted by atomic mass is 10.2. The number of aryl methyl sites for hydroxylation is 1. The quantitative estimate of drug-likeness (QED) is 0.855. The van der Waals surface area contributed by atoms with Gasteiger partial charge >= 0.3 is 0 Å². The van der Waals surface area contributed by atoms with Crippen LogP contribution in [0.25, 0.3) is 0 Å². The number of hydrogen-bond acceptors (Lipinski definition) is 4. The van der Waals surface area contributed by atoms with Crippen LogP contribution in [-0.4, -0.2) is 40.0 Å². The summed E-state index contributed by atoms with van der Waals surface area (Å²) in [7, 11) is 0. The zero-order chi connectivity index (χ0) is 13.8. The molecule has 0 unspecified atom stereocenters. The highest BCUT2D eigenvalue weighted by molar-refractivity contribution is 5.47. The van der Waals surface area contributed by atoms with Crippen LogP contribution >= 0.6 is 0 Å². The van der Waals surface area contributed by atoms with Crippen LogP contribution in [0.2, 0.25) is 0 Å². The molecule has 0 radical (unpaired) electrons. The van der Waals surface area contributed by atoms with Crippen molar-refractivity contribution in [1.29, 1.82) is 0 Å². The third-order valence-electron chi connectivity index (χ3n) is 3.86. The summed E-state index contributed by atoms with van der Waals surface area (Å²) in [6.07, 6.45) is 5.13. The Bertz CT molecular complexity index is 407. The van der Waals surface area contributed by atoms with Crippen molar-refractivity contribution < 1.29 is 0 Å². The lowest BCUT2D eigenvalue weighted by Gasteiger charge is -2.30. The summed E-state index contributed by atoms with van der Waals surface area (Å²) in [5.41, 5.74) is 2.57. The van der Waals surface area contributed by atoms with Crippen LogP contribution in [0.5, 0.6) is 0 Å². The van der Waals surface area contributed by atoms with E-state index in [-0.39, 0.29) is 0 Å². The maximum atomic E-state index is 4.40. The van der Waals surface area contributed by atoms with Gasteiger partial charge in [-0.05, 0) is 47.0 Å². The Balaban J connectivity index is 1.91. The first-order chi connectivity index (χ1) is 9.09. The van der Waals surface area contributed by atoms with E-state index in [2.05, 4.69) is 47.9 Å². The predicted octanol–water partition coefficient (Wildman–Crippen LogP) is 2.50. The van der Waals surface area contributed by atoms with E-state index in [0.717, 1.165) is 31.7 Å². The van der Waals surface area contributed by atoms with Gasteiger partial charge in [-0.3, -0.25) is 4.90 Å². The SMILES string of the molecule is CC(C)N(CCNc1ncnc2c1CCC2)C(C)C. The second-order valence-corrected chi connectivity index (χ2v) is 5.85. The zero-order valence-electron chi connectivity index (χ0n) is 12.6. The van der Waals surface area contributed by atoms with Gasteiger partial charge in [-0.25, -0.2) is 9.97 Å². The minimum absolute atomic E-state index is 0.581. The molecule has 0 saturated carbocycles. The van der Waals surface area contributed by atoms with E-state index in [1.165, 1.54) is 17.7 Å². The van der Waals surface area contributed by atoms with Gasteiger partial charge in [-0.1, -0.05) is 0 Å². The van der Waals surface area contributed by atoms with Crippen LogP contribution in [0.1, 0.15) is 45.4 Å². The van der Waals surface area contributed by atoms with Gasteiger partial charge in [0.05, 0.1) is 0 Å². The second-order valence-electron chi connectivity index (χ2n) is 5.85. The van der Waals surface area contributed by atoms with Crippen LogP contribution < -0.4 is 5.32 Å². The normalized spacial score (nSPS) is 14.5. The Morgan fingerprint density at radius 2 is 1.89 bits per heavy atom. The van der Waals surface area contributed by atoms with Gasteiger partial charge in [0.2, 0.25) is 0 Å². The van der Waals surface area contributed by atoms with Crippen LogP contribution in [0.3, 0.4) is 0 Å². The number of hydrogen-bond donors (Lipinski definition) is 1. The number of nitrogens with one attached hydrogen (secondary N) is 1.